The van der Waals surface area contributed by atoms with Gasteiger partial charge in [-0.1, -0.05) is 12.1 Å². The molecule has 17 heavy (non-hydrogen) atoms. The summed E-state index contributed by atoms with van der Waals surface area (Å²) in [5.74, 6) is 0.662. The number of hydrogen-bond acceptors (Lipinski definition) is 3. The van der Waals surface area contributed by atoms with Crippen molar-refractivity contribution in [2.24, 2.45) is 0 Å². The van der Waals surface area contributed by atoms with E-state index in [2.05, 4.69) is 26.2 Å². The highest BCUT2D eigenvalue weighted by atomic mass is 79.9. The summed E-state index contributed by atoms with van der Waals surface area (Å²) >= 11 is 3.47. The van der Waals surface area contributed by atoms with Gasteiger partial charge in [-0.05, 0) is 52.7 Å². The number of nitrogens with zero attached hydrogens (tertiary/aromatic N) is 2. The first-order valence-electron chi connectivity index (χ1n) is 5.09. The Morgan fingerprint density at radius 3 is 2.88 bits per heavy atom. The van der Waals surface area contributed by atoms with Crippen LogP contribution in [0.15, 0.2) is 40.9 Å². The van der Waals surface area contributed by atoms with Crippen LogP contribution in [-0.2, 0) is 0 Å². The molecule has 0 aliphatic carbocycles. The average Bonchev–Trinajstić information content (AvgIpc) is 2.34. The molecule has 0 spiro atoms. The zero-order chi connectivity index (χ0) is 12.3. The SMILES string of the molecule is Cc1ccc(Br)c(Nc2cccc(C#N)n2)c1. The van der Waals surface area contributed by atoms with Gasteiger partial charge < -0.3 is 5.32 Å². The highest BCUT2D eigenvalue weighted by Crippen LogP contribution is 2.26. The zero-order valence-electron chi connectivity index (χ0n) is 9.24. The topological polar surface area (TPSA) is 48.7 Å². The van der Waals surface area contributed by atoms with E-state index in [1.54, 1.807) is 12.1 Å². The molecular formula is C13H10BrN3. The van der Waals surface area contributed by atoms with Gasteiger partial charge in [-0.15, -0.1) is 0 Å². The second-order valence-corrected chi connectivity index (χ2v) is 4.48. The third-order valence-electron chi connectivity index (χ3n) is 2.25. The quantitative estimate of drug-likeness (QED) is 0.915. The molecule has 0 aliphatic heterocycles. The summed E-state index contributed by atoms with van der Waals surface area (Å²) in [5.41, 5.74) is 2.50. The number of rotatable bonds is 2. The zero-order valence-corrected chi connectivity index (χ0v) is 10.8. The molecule has 0 unspecified atom stereocenters. The molecule has 0 saturated heterocycles. The molecule has 0 saturated carbocycles. The van der Waals surface area contributed by atoms with E-state index in [1.807, 2.05) is 37.3 Å². The van der Waals surface area contributed by atoms with E-state index in [4.69, 9.17) is 5.26 Å². The highest BCUT2D eigenvalue weighted by molar-refractivity contribution is 9.10. The monoisotopic (exact) mass is 287 g/mol. The van der Waals surface area contributed by atoms with Gasteiger partial charge >= 0.3 is 0 Å². The van der Waals surface area contributed by atoms with Crippen molar-refractivity contribution in [3.8, 4) is 6.07 Å². The largest absolute Gasteiger partial charge is 0.339 e. The van der Waals surface area contributed by atoms with Crippen LogP contribution in [-0.4, -0.2) is 4.98 Å². The molecule has 0 radical (unpaired) electrons. The lowest BCUT2D eigenvalue weighted by atomic mass is 10.2. The molecule has 1 N–H and O–H groups in total. The molecular weight excluding hydrogens is 278 g/mol. The van der Waals surface area contributed by atoms with Crippen LogP contribution in [0.1, 0.15) is 11.3 Å². The number of benzene rings is 1. The van der Waals surface area contributed by atoms with E-state index in [0.29, 0.717) is 11.5 Å². The van der Waals surface area contributed by atoms with E-state index in [1.165, 1.54) is 0 Å². The molecule has 84 valence electrons. The molecule has 2 aromatic rings. The van der Waals surface area contributed by atoms with Crippen LogP contribution in [0.4, 0.5) is 11.5 Å². The molecule has 0 bridgehead atoms. The predicted molar refractivity (Wildman–Crippen MR) is 71.1 cm³/mol. The number of aryl methyl sites for hydroxylation is 1. The minimum Gasteiger partial charge on any atom is -0.339 e. The Morgan fingerprint density at radius 2 is 2.12 bits per heavy atom. The van der Waals surface area contributed by atoms with Crippen molar-refractivity contribution >= 4 is 27.4 Å². The smallest absolute Gasteiger partial charge is 0.142 e. The van der Waals surface area contributed by atoms with Gasteiger partial charge in [-0.3, -0.25) is 0 Å². The number of nitriles is 1. The van der Waals surface area contributed by atoms with Gasteiger partial charge in [-0.2, -0.15) is 5.26 Å². The number of pyridine rings is 1. The first-order valence-corrected chi connectivity index (χ1v) is 5.88. The number of nitrogens with one attached hydrogen (secondary N) is 1. The highest BCUT2D eigenvalue weighted by Gasteiger charge is 2.02. The molecule has 1 aromatic heterocycles. The van der Waals surface area contributed by atoms with Gasteiger partial charge in [0.15, 0.2) is 0 Å². The van der Waals surface area contributed by atoms with Gasteiger partial charge in [0.25, 0.3) is 0 Å². The van der Waals surface area contributed by atoms with Crippen molar-refractivity contribution in [3.63, 3.8) is 0 Å². The summed E-state index contributed by atoms with van der Waals surface area (Å²) in [5, 5.41) is 12.0. The maximum absolute atomic E-state index is 8.78. The molecule has 4 heteroatoms. The molecule has 0 fully saturated rings. The molecule has 2 rings (SSSR count). The van der Waals surface area contributed by atoms with Crippen LogP contribution in [0.25, 0.3) is 0 Å². The molecule has 1 heterocycles. The van der Waals surface area contributed by atoms with Crippen molar-refractivity contribution in [1.29, 1.82) is 5.26 Å². The Balaban J connectivity index is 2.31. The van der Waals surface area contributed by atoms with Gasteiger partial charge in [0, 0.05) is 4.47 Å². The fourth-order valence-corrected chi connectivity index (χ4v) is 1.79. The lowest BCUT2D eigenvalue weighted by Gasteiger charge is -2.08. The van der Waals surface area contributed by atoms with Gasteiger partial charge in [0.05, 0.1) is 5.69 Å². The van der Waals surface area contributed by atoms with Crippen molar-refractivity contribution in [3.05, 3.63) is 52.1 Å². The van der Waals surface area contributed by atoms with Crippen LogP contribution in [0.3, 0.4) is 0 Å². The standard InChI is InChI=1S/C13H10BrN3/c1-9-5-6-11(14)12(7-9)17-13-4-2-3-10(8-15)16-13/h2-7H,1H3,(H,16,17). The molecule has 1 aromatic carbocycles. The minimum absolute atomic E-state index is 0.402. The Hall–Kier alpha value is -1.86. The molecule has 0 amide bonds. The Morgan fingerprint density at radius 1 is 1.29 bits per heavy atom. The third kappa shape index (κ3) is 2.83. The Kier molecular flexibility index (Phi) is 3.40. The fraction of sp³-hybridized carbons (Fsp3) is 0.0769. The summed E-state index contributed by atoms with van der Waals surface area (Å²) in [7, 11) is 0. The second-order valence-electron chi connectivity index (χ2n) is 3.63. The second kappa shape index (κ2) is 4.98. The lowest BCUT2D eigenvalue weighted by Crippen LogP contribution is -1.96. The molecule has 0 aliphatic rings. The van der Waals surface area contributed by atoms with Crippen molar-refractivity contribution in [1.82, 2.24) is 4.98 Å². The maximum Gasteiger partial charge on any atom is 0.142 e. The van der Waals surface area contributed by atoms with Gasteiger partial charge in [0.2, 0.25) is 0 Å². The van der Waals surface area contributed by atoms with E-state index in [0.717, 1.165) is 15.7 Å². The van der Waals surface area contributed by atoms with Crippen LogP contribution < -0.4 is 5.32 Å². The number of halogens is 1. The summed E-state index contributed by atoms with van der Waals surface area (Å²) in [6.45, 7) is 2.02. The van der Waals surface area contributed by atoms with Gasteiger partial charge in [0.1, 0.15) is 17.6 Å². The first kappa shape index (κ1) is 11.6. The summed E-state index contributed by atoms with van der Waals surface area (Å²) in [6.07, 6.45) is 0. The Bertz CT molecular complexity index is 587. The van der Waals surface area contributed by atoms with Crippen molar-refractivity contribution < 1.29 is 0 Å². The van der Waals surface area contributed by atoms with Crippen LogP contribution in [0.2, 0.25) is 0 Å². The maximum atomic E-state index is 8.78. The summed E-state index contributed by atoms with van der Waals surface area (Å²) in [6, 6.07) is 13.3. The summed E-state index contributed by atoms with van der Waals surface area (Å²) in [4.78, 5) is 4.16. The van der Waals surface area contributed by atoms with Crippen LogP contribution >= 0.6 is 15.9 Å². The van der Waals surface area contributed by atoms with E-state index in [9.17, 15) is 0 Å². The number of hydrogen-bond donors (Lipinski definition) is 1. The fourth-order valence-electron chi connectivity index (χ4n) is 1.44. The van der Waals surface area contributed by atoms with Gasteiger partial charge in [-0.25, -0.2) is 4.98 Å². The minimum atomic E-state index is 0.402. The van der Waals surface area contributed by atoms with Crippen LogP contribution in [0, 0.1) is 18.3 Å². The van der Waals surface area contributed by atoms with Crippen LogP contribution in [0.5, 0.6) is 0 Å². The predicted octanol–water partition coefficient (Wildman–Crippen LogP) is 3.77. The first-order chi connectivity index (χ1) is 8.19. The number of anilines is 2. The number of aromatic nitrogens is 1. The van der Waals surface area contributed by atoms with Crippen molar-refractivity contribution in [2.75, 3.05) is 5.32 Å². The lowest BCUT2D eigenvalue weighted by molar-refractivity contribution is 1.25. The molecule has 0 atom stereocenters. The van der Waals surface area contributed by atoms with E-state index in [-0.39, 0.29) is 0 Å². The molecule has 3 nitrogen and oxygen atoms in total. The third-order valence-corrected chi connectivity index (χ3v) is 2.94. The Labute approximate surface area is 108 Å². The normalized spacial score (nSPS) is 9.71. The summed E-state index contributed by atoms with van der Waals surface area (Å²) < 4.78 is 0.965. The average molecular weight is 288 g/mol. The van der Waals surface area contributed by atoms with E-state index >= 15 is 0 Å². The van der Waals surface area contributed by atoms with E-state index < -0.39 is 0 Å². The van der Waals surface area contributed by atoms with Crippen molar-refractivity contribution in [2.45, 2.75) is 6.92 Å².